The Kier molecular flexibility index (Phi) is 5.50. The van der Waals surface area contributed by atoms with Gasteiger partial charge >= 0.3 is 0 Å². The lowest BCUT2D eigenvalue weighted by atomic mass is 10.1. The maximum atomic E-state index is 12.9. The number of aromatic nitrogens is 3. The van der Waals surface area contributed by atoms with Gasteiger partial charge in [0.25, 0.3) is 5.91 Å². The number of hydrogen-bond acceptors (Lipinski definition) is 3. The molecule has 4 aromatic rings. The number of carbonyl (C=O) groups is 1. The van der Waals surface area contributed by atoms with Gasteiger partial charge in [-0.05, 0) is 74.4 Å². The van der Waals surface area contributed by atoms with Crippen molar-refractivity contribution in [2.24, 2.45) is 0 Å². The first kappa shape index (κ1) is 20.0. The molecule has 0 saturated heterocycles. The van der Waals surface area contributed by atoms with Crippen molar-refractivity contribution in [1.82, 2.24) is 14.8 Å². The molecule has 0 spiro atoms. The Morgan fingerprint density at radius 3 is 2.40 bits per heavy atom. The van der Waals surface area contributed by atoms with E-state index in [1.165, 1.54) is 5.56 Å². The third-order valence-corrected chi connectivity index (χ3v) is 5.45. The van der Waals surface area contributed by atoms with Crippen molar-refractivity contribution in [2.75, 3.05) is 5.32 Å². The molecule has 1 amide bonds. The van der Waals surface area contributed by atoms with E-state index in [9.17, 15) is 4.79 Å². The van der Waals surface area contributed by atoms with Crippen LogP contribution in [0.3, 0.4) is 0 Å². The van der Waals surface area contributed by atoms with Gasteiger partial charge in [0.05, 0.1) is 5.69 Å². The zero-order chi connectivity index (χ0) is 21.3. The van der Waals surface area contributed by atoms with Gasteiger partial charge < -0.3 is 5.32 Å². The molecule has 0 bridgehead atoms. The van der Waals surface area contributed by atoms with Crippen LogP contribution in [0.4, 0.5) is 5.69 Å². The molecule has 0 aliphatic carbocycles. The number of rotatable bonds is 4. The number of hydrogen-bond donors (Lipinski definition) is 1. The molecular weight excluding hydrogens is 440 g/mol. The van der Waals surface area contributed by atoms with Crippen molar-refractivity contribution in [2.45, 2.75) is 20.8 Å². The summed E-state index contributed by atoms with van der Waals surface area (Å²) in [6, 6.07) is 21.5. The molecule has 3 aromatic carbocycles. The largest absolute Gasteiger partial charge is 0.319 e. The van der Waals surface area contributed by atoms with Crippen LogP contribution in [-0.4, -0.2) is 20.7 Å². The lowest BCUT2D eigenvalue weighted by Gasteiger charge is -2.09. The highest BCUT2D eigenvalue weighted by Crippen LogP contribution is 2.24. The molecule has 1 heterocycles. The fraction of sp³-hybridized carbons (Fsp3) is 0.125. The van der Waals surface area contributed by atoms with E-state index in [1.54, 1.807) is 4.68 Å². The van der Waals surface area contributed by atoms with Crippen molar-refractivity contribution >= 4 is 27.5 Å². The van der Waals surface area contributed by atoms with Crippen LogP contribution in [0.5, 0.6) is 0 Å². The summed E-state index contributed by atoms with van der Waals surface area (Å²) in [6.07, 6.45) is 0. The zero-order valence-electron chi connectivity index (χ0n) is 17.0. The second kappa shape index (κ2) is 8.24. The number of nitrogens with one attached hydrogen (secondary N) is 1. The second-order valence-electron chi connectivity index (χ2n) is 7.27. The van der Waals surface area contributed by atoms with Gasteiger partial charge in [-0.1, -0.05) is 45.8 Å². The van der Waals surface area contributed by atoms with Crippen LogP contribution in [0.25, 0.3) is 17.1 Å². The van der Waals surface area contributed by atoms with Gasteiger partial charge in [0.15, 0.2) is 5.82 Å². The van der Waals surface area contributed by atoms with Crippen LogP contribution in [0.1, 0.15) is 27.3 Å². The Morgan fingerprint density at radius 1 is 0.933 bits per heavy atom. The first-order valence-electron chi connectivity index (χ1n) is 9.59. The van der Waals surface area contributed by atoms with Crippen LogP contribution in [0.2, 0.25) is 0 Å². The van der Waals surface area contributed by atoms with Gasteiger partial charge in [0.1, 0.15) is 0 Å². The Bertz CT molecular complexity index is 1230. The van der Waals surface area contributed by atoms with E-state index in [4.69, 9.17) is 0 Å². The van der Waals surface area contributed by atoms with E-state index in [1.807, 2.05) is 67.6 Å². The molecule has 30 heavy (non-hydrogen) atoms. The summed E-state index contributed by atoms with van der Waals surface area (Å²) in [4.78, 5) is 17.4. The Hall–Kier alpha value is -3.25. The zero-order valence-corrected chi connectivity index (χ0v) is 18.6. The molecule has 0 fully saturated rings. The first-order valence-corrected chi connectivity index (χ1v) is 10.4. The van der Waals surface area contributed by atoms with Crippen molar-refractivity contribution in [3.63, 3.8) is 0 Å². The number of halogens is 1. The fourth-order valence-corrected chi connectivity index (χ4v) is 3.40. The van der Waals surface area contributed by atoms with Crippen LogP contribution in [0.15, 0.2) is 71.2 Å². The van der Waals surface area contributed by atoms with E-state index in [0.29, 0.717) is 11.5 Å². The molecule has 4 rings (SSSR count). The highest BCUT2D eigenvalue weighted by Gasteiger charge is 2.19. The standard InChI is InChI=1S/C24H21BrN4O/c1-15-5-4-6-18(13-15)23-27-22(24(30)26-20-10-8-19(25)9-11-20)28-29(23)21-12-7-16(2)17(3)14-21/h4-14H,1-3H3,(H,26,30). The summed E-state index contributed by atoms with van der Waals surface area (Å²) in [7, 11) is 0. The molecule has 1 aromatic heterocycles. The number of benzene rings is 3. The minimum atomic E-state index is -0.353. The van der Waals surface area contributed by atoms with E-state index in [2.05, 4.69) is 51.2 Å². The topological polar surface area (TPSA) is 59.8 Å². The fourth-order valence-electron chi connectivity index (χ4n) is 3.14. The van der Waals surface area contributed by atoms with E-state index in [0.717, 1.165) is 26.9 Å². The lowest BCUT2D eigenvalue weighted by molar-refractivity contribution is 0.101. The first-order chi connectivity index (χ1) is 14.4. The summed E-state index contributed by atoms with van der Waals surface area (Å²) in [5.74, 6) is 0.393. The summed E-state index contributed by atoms with van der Waals surface area (Å²) >= 11 is 3.40. The Labute approximate surface area is 183 Å². The minimum Gasteiger partial charge on any atom is -0.319 e. The smallest absolute Gasteiger partial charge is 0.295 e. The van der Waals surface area contributed by atoms with Crippen molar-refractivity contribution < 1.29 is 4.79 Å². The molecule has 5 nitrogen and oxygen atoms in total. The molecule has 0 aliphatic rings. The second-order valence-corrected chi connectivity index (χ2v) is 8.19. The van der Waals surface area contributed by atoms with Gasteiger partial charge in [-0.2, -0.15) is 0 Å². The maximum Gasteiger partial charge on any atom is 0.295 e. The number of nitrogens with zero attached hydrogens (tertiary/aromatic N) is 3. The SMILES string of the molecule is Cc1cccc(-c2nc(C(=O)Nc3ccc(Br)cc3)nn2-c2ccc(C)c(C)c2)c1. The lowest BCUT2D eigenvalue weighted by Crippen LogP contribution is -2.14. The monoisotopic (exact) mass is 460 g/mol. The predicted molar refractivity (Wildman–Crippen MR) is 123 cm³/mol. The number of carbonyl (C=O) groups excluding carboxylic acids is 1. The van der Waals surface area contributed by atoms with Crippen molar-refractivity contribution in [3.8, 4) is 17.1 Å². The molecule has 0 aliphatic heterocycles. The normalized spacial score (nSPS) is 10.8. The molecule has 150 valence electrons. The molecule has 0 unspecified atom stereocenters. The molecule has 6 heteroatoms. The van der Waals surface area contributed by atoms with Crippen LogP contribution in [-0.2, 0) is 0 Å². The Morgan fingerprint density at radius 2 is 1.70 bits per heavy atom. The van der Waals surface area contributed by atoms with Gasteiger partial charge in [-0.15, -0.1) is 5.10 Å². The van der Waals surface area contributed by atoms with Gasteiger partial charge in [-0.3, -0.25) is 4.79 Å². The maximum absolute atomic E-state index is 12.9. The average molecular weight is 461 g/mol. The van der Waals surface area contributed by atoms with Crippen LogP contribution >= 0.6 is 15.9 Å². The highest BCUT2D eigenvalue weighted by atomic mass is 79.9. The van der Waals surface area contributed by atoms with Crippen molar-refractivity contribution in [3.05, 3.63) is 93.7 Å². The number of amides is 1. The van der Waals surface area contributed by atoms with Crippen LogP contribution in [0, 0.1) is 20.8 Å². The highest BCUT2D eigenvalue weighted by molar-refractivity contribution is 9.10. The number of aryl methyl sites for hydroxylation is 3. The Balaban J connectivity index is 1.77. The van der Waals surface area contributed by atoms with Gasteiger partial charge in [0.2, 0.25) is 5.82 Å². The molecule has 0 saturated carbocycles. The van der Waals surface area contributed by atoms with Crippen molar-refractivity contribution in [1.29, 1.82) is 0 Å². The van der Waals surface area contributed by atoms with E-state index in [-0.39, 0.29) is 11.7 Å². The summed E-state index contributed by atoms with van der Waals surface area (Å²) in [5.41, 5.74) is 5.92. The molecule has 0 atom stereocenters. The summed E-state index contributed by atoms with van der Waals surface area (Å²) < 4.78 is 2.68. The molecule has 0 radical (unpaired) electrons. The summed E-state index contributed by atoms with van der Waals surface area (Å²) in [5, 5.41) is 7.42. The van der Waals surface area contributed by atoms with Gasteiger partial charge in [0, 0.05) is 15.7 Å². The molecular formula is C24H21BrN4O. The third-order valence-electron chi connectivity index (χ3n) is 4.92. The minimum absolute atomic E-state index is 0.118. The average Bonchev–Trinajstić information content (AvgIpc) is 3.17. The van der Waals surface area contributed by atoms with E-state index >= 15 is 0 Å². The quantitative estimate of drug-likeness (QED) is 0.413. The predicted octanol–water partition coefficient (Wildman–Crippen LogP) is 5.87. The summed E-state index contributed by atoms with van der Waals surface area (Å²) in [6.45, 7) is 6.16. The van der Waals surface area contributed by atoms with Crippen LogP contribution < -0.4 is 5.32 Å². The van der Waals surface area contributed by atoms with Gasteiger partial charge in [-0.25, -0.2) is 9.67 Å². The van der Waals surface area contributed by atoms with E-state index < -0.39 is 0 Å². The third kappa shape index (κ3) is 4.19. The number of anilines is 1. The molecule has 1 N–H and O–H groups in total.